The Hall–Kier alpha value is -4.26. The molecule has 216 valence electrons. The second kappa shape index (κ2) is 11.0. The number of carboxylic acids is 1. The van der Waals surface area contributed by atoms with Gasteiger partial charge >= 0.3 is 12.1 Å². The number of benzene rings is 1. The van der Waals surface area contributed by atoms with Crippen LogP contribution in [0.3, 0.4) is 0 Å². The van der Waals surface area contributed by atoms with Crippen LogP contribution < -0.4 is 10.6 Å². The molecule has 5 heterocycles. The fourth-order valence-corrected chi connectivity index (χ4v) is 5.54. The fraction of sp³-hybridized carbons (Fsp3) is 0.393. The summed E-state index contributed by atoms with van der Waals surface area (Å²) in [5, 5.41) is 14.3. The molecule has 0 spiro atoms. The predicted octanol–water partition coefficient (Wildman–Crippen LogP) is 3.45. The van der Waals surface area contributed by atoms with Gasteiger partial charge in [0.25, 0.3) is 5.91 Å². The molecular formula is C28H28F3N5O5. The van der Waals surface area contributed by atoms with E-state index in [1.807, 2.05) is 36.0 Å². The number of carboxylic acid groups (broad SMARTS) is 1. The third kappa shape index (κ3) is 5.67. The van der Waals surface area contributed by atoms with Crippen molar-refractivity contribution in [2.45, 2.75) is 56.9 Å². The Morgan fingerprint density at radius 2 is 1.85 bits per heavy atom. The number of nitrogens with one attached hydrogen (secondary N) is 2. The maximum Gasteiger partial charge on any atom is 0.490 e. The number of hydrogen-bond acceptors (Lipinski definition) is 6. The van der Waals surface area contributed by atoms with E-state index >= 15 is 0 Å². The standard InChI is InChI=1S/C26H27N5O3.C2HF3O2/c1-30-11-9-18-19(20-4-2-3-10-27-20)13-21(28-24(18)30)15-5-6-17-16(12-15)14-31(26(17)34)22-7-8-23(32)29-25(22)33;3-2(4,5)1(6)7/h5-6,9,11-13,20,22,27H,2-4,7-8,10,14H2,1H3,(H,29,32,33);(H,6,7)/t20?,22-;/m0./s1. The summed E-state index contributed by atoms with van der Waals surface area (Å²) >= 11 is 0. The van der Waals surface area contributed by atoms with Crippen LogP contribution in [0.2, 0.25) is 0 Å². The molecule has 0 aliphatic carbocycles. The summed E-state index contributed by atoms with van der Waals surface area (Å²) in [6.07, 6.45) is 1.09. The van der Waals surface area contributed by atoms with Crippen molar-refractivity contribution >= 4 is 34.7 Å². The van der Waals surface area contributed by atoms with Crippen LogP contribution in [0.1, 0.15) is 59.6 Å². The van der Waals surface area contributed by atoms with E-state index in [4.69, 9.17) is 14.9 Å². The highest BCUT2D eigenvalue weighted by Gasteiger charge is 2.39. The molecule has 0 saturated carbocycles. The Bertz CT molecular complexity index is 1540. The smallest absolute Gasteiger partial charge is 0.475 e. The zero-order valence-corrected chi connectivity index (χ0v) is 22.1. The molecule has 3 amide bonds. The van der Waals surface area contributed by atoms with Crippen molar-refractivity contribution in [3.63, 3.8) is 0 Å². The van der Waals surface area contributed by atoms with Gasteiger partial charge in [0.05, 0.1) is 5.69 Å². The van der Waals surface area contributed by atoms with Crippen molar-refractivity contribution in [1.29, 1.82) is 0 Å². The van der Waals surface area contributed by atoms with Crippen LogP contribution in [0.5, 0.6) is 0 Å². The van der Waals surface area contributed by atoms with Crippen LogP contribution in [0.4, 0.5) is 13.2 Å². The number of rotatable bonds is 3. The Kier molecular flexibility index (Phi) is 7.56. The van der Waals surface area contributed by atoms with Crippen LogP contribution in [0, 0.1) is 0 Å². The van der Waals surface area contributed by atoms with Crippen LogP contribution in [-0.4, -0.2) is 62.0 Å². The second-order valence-corrected chi connectivity index (χ2v) is 10.3. The maximum absolute atomic E-state index is 13.1. The molecule has 0 radical (unpaired) electrons. The summed E-state index contributed by atoms with van der Waals surface area (Å²) in [5.74, 6) is -3.59. The first-order valence-electron chi connectivity index (χ1n) is 13.2. The monoisotopic (exact) mass is 571 g/mol. The Balaban J connectivity index is 0.000000431. The molecule has 41 heavy (non-hydrogen) atoms. The highest BCUT2D eigenvalue weighted by Crippen LogP contribution is 2.35. The van der Waals surface area contributed by atoms with Gasteiger partial charge in [0.2, 0.25) is 11.8 Å². The SMILES string of the molecule is Cn1ccc2c(C3CCCCN3)cc(-c3ccc4c(c3)CN([C@H]3CCC(=O)NC3=O)C4=O)nc21.O=C(O)C(F)(F)F. The third-order valence-electron chi connectivity index (χ3n) is 7.62. The van der Waals surface area contributed by atoms with E-state index in [9.17, 15) is 27.6 Å². The number of aryl methyl sites for hydroxylation is 1. The van der Waals surface area contributed by atoms with Gasteiger partial charge in [-0.1, -0.05) is 12.5 Å². The third-order valence-corrected chi connectivity index (χ3v) is 7.62. The average molecular weight is 572 g/mol. The first kappa shape index (κ1) is 28.3. The number of imide groups is 1. The molecule has 2 aromatic heterocycles. The number of aliphatic carboxylic acids is 1. The Morgan fingerprint density at radius 1 is 1.10 bits per heavy atom. The molecule has 13 heteroatoms. The lowest BCUT2D eigenvalue weighted by Gasteiger charge is -2.29. The van der Waals surface area contributed by atoms with Crippen molar-refractivity contribution < 1.29 is 37.5 Å². The lowest BCUT2D eigenvalue weighted by atomic mass is 9.94. The Morgan fingerprint density at radius 3 is 2.51 bits per heavy atom. The van der Waals surface area contributed by atoms with E-state index < -0.39 is 24.1 Å². The number of fused-ring (bicyclic) bond motifs is 2. The number of carbonyl (C=O) groups excluding carboxylic acids is 3. The summed E-state index contributed by atoms with van der Waals surface area (Å²) in [6.45, 7) is 1.38. The zero-order chi connectivity index (χ0) is 29.5. The van der Waals surface area contributed by atoms with E-state index in [1.54, 1.807) is 4.90 Å². The van der Waals surface area contributed by atoms with Crippen molar-refractivity contribution in [2.24, 2.45) is 7.05 Å². The average Bonchev–Trinajstić information content (AvgIpc) is 3.47. The molecule has 3 aliphatic heterocycles. The molecule has 3 N–H and O–H groups in total. The largest absolute Gasteiger partial charge is 0.490 e. The van der Waals surface area contributed by atoms with Gasteiger partial charge in [-0.15, -0.1) is 0 Å². The number of halogens is 3. The van der Waals surface area contributed by atoms with E-state index in [0.717, 1.165) is 35.4 Å². The highest BCUT2D eigenvalue weighted by molar-refractivity contribution is 6.05. The quantitative estimate of drug-likeness (QED) is 0.410. The summed E-state index contributed by atoms with van der Waals surface area (Å²) < 4.78 is 33.8. The summed E-state index contributed by atoms with van der Waals surface area (Å²) in [6, 6.07) is 9.82. The molecule has 0 bridgehead atoms. The molecule has 2 atom stereocenters. The lowest BCUT2D eigenvalue weighted by molar-refractivity contribution is -0.192. The van der Waals surface area contributed by atoms with Gasteiger partial charge in [-0.05, 0) is 61.2 Å². The minimum absolute atomic E-state index is 0.158. The highest BCUT2D eigenvalue weighted by atomic mass is 19.4. The van der Waals surface area contributed by atoms with E-state index in [1.165, 1.54) is 23.8 Å². The van der Waals surface area contributed by atoms with Gasteiger partial charge in [-0.2, -0.15) is 13.2 Å². The van der Waals surface area contributed by atoms with Gasteiger partial charge in [0.1, 0.15) is 11.7 Å². The van der Waals surface area contributed by atoms with E-state index in [-0.39, 0.29) is 18.2 Å². The summed E-state index contributed by atoms with van der Waals surface area (Å²) in [5.41, 5.74) is 5.55. The molecule has 2 fully saturated rings. The van der Waals surface area contributed by atoms with Gasteiger partial charge < -0.3 is 19.9 Å². The minimum Gasteiger partial charge on any atom is -0.475 e. The van der Waals surface area contributed by atoms with Crippen LogP contribution in [-0.2, 0) is 28.0 Å². The fourth-order valence-electron chi connectivity index (χ4n) is 5.54. The molecule has 1 unspecified atom stereocenters. The molecule has 10 nitrogen and oxygen atoms in total. The number of piperidine rings is 2. The first-order valence-corrected chi connectivity index (χ1v) is 13.2. The number of alkyl halides is 3. The van der Waals surface area contributed by atoms with Gasteiger partial charge in [-0.25, -0.2) is 9.78 Å². The number of pyridine rings is 1. The molecular weight excluding hydrogens is 543 g/mol. The number of aromatic nitrogens is 2. The van der Waals surface area contributed by atoms with Crippen molar-refractivity contribution in [2.75, 3.05) is 6.54 Å². The summed E-state index contributed by atoms with van der Waals surface area (Å²) in [7, 11) is 2.01. The molecule has 2 saturated heterocycles. The number of carbonyl (C=O) groups is 4. The second-order valence-electron chi connectivity index (χ2n) is 10.3. The van der Waals surface area contributed by atoms with Crippen LogP contribution >= 0.6 is 0 Å². The number of nitrogens with zero attached hydrogens (tertiary/aromatic N) is 3. The van der Waals surface area contributed by atoms with Gasteiger partial charge in [0.15, 0.2) is 0 Å². The maximum atomic E-state index is 13.1. The lowest BCUT2D eigenvalue weighted by Crippen LogP contribution is -2.52. The number of amides is 3. The normalized spacial score (nSPS) is 20.9. The molecule has 1 aromatic carbocycles. The Labute approximate surface area is 232 Å². The van der Waals surface area contributed by atoms with E-state index in [2.05, 4.69) is 22.8 Å². The molecule has 3 aliphatic rings. The van der Waals surface area contributed by atoms with Crippen molar-refractivity contribution in [1.82, 2.24) is 25.1 Å². The zero-order valence-electron chi connectivity index (χ0n) is 22.1. The topological polar surface area (TPSA) is 134 Å². The van der Waals surface area contributed by atoms with Crippen molar-refractivity contribution in [3.8, 4) is 11.3 Å². The van der Waals surface area contributed by atoms with Crippen LogP contribution in [0.15, 0.2) is 36.5 Å². The minimum atomic E-state index is -5.08. The molecule has 6 rings (SSSR count). The number of hydrogen-bond donors (Lipinski definition) is 3. The van der Waals surface area contributed by atoms with Gasteiger partial charge in [0, 0.05) is 48.8 Å². The van der Waals surface area contributed by atoms with E-state index in [0.29, 0.717) is 24.6 Å². The van der Waals surface area contributed by atoms with Crippen molar-refractivity contribution in [3.05, 3.63) is 53.2 Å². The predicted molar refractivity (Wildman–Crippen MR) is 140 cm³/mol. The first-order chi connectivity index (χ1) is 19.4. The molecule has 3 aromatic rings. The van der Waals surface area contributed by atoms with Crippen LogP contribution in [0.25, 0.3) is 22.3 Å². The summed E-state index contributed by atoms with van der Waals surface area (Å²) in [4.78, 5) is 52.4. The van der Waals surface area contributed by atoms with Gasteiger partial charge in [-0.3, -0.25) is 19.7 Å².